The zero-order valence-corrected chi connectivity index (χ0v) is 16.3. The number of thiocarbonyl (C=S) groups is 1. The number of likely N-dealkylation sites (N-methyl/N-ethyl adjacent to an activating group) is 1. The smallest absolute Gasteiger partial charge is 0.338 e. The summed E-state index contributed by atoms with van der Waals surface area (Å²) in [7, 11) is 3.29. The van der Waals surface area contributed by atoms with Crippen LogP contribution in [0.25, 0.3) is 11.3 Å². The Labute approximate surface area is 168 Å². The summed E-state index contributed by atoms with van der Waals surface area (Å²) in [5, 5.41) is 3.95. The molecule has 1 aliphatic rings. The maximum absolute atomic E-state index is 12.1. The van der Waals surface area contributed by atoms with Crippen molar-refractivity contribution in [2.45, 2.75) is 12.1 Å². The van der Waals surface area contributed by atoms with Crippen LogP contribution >= 0.6 is 12.2 Å². The van der Waals surface area contributed by atoms with Crippen LogP contribution in [0.3, 0.4) is 0 Å². The summed E-state index contributed by atoms with van der Waals surface area (Å²) >= 11 is 5.45. The van der Waals surface area contributed by atoms with Crippen molar-refractivity contribution in [1.82, 2.24) is 15.2 Å². The van der Waals surface area contributed by atoms with Crippen molar-refractivity contribution in [3.63, 3.8) is 0 Å². The van der Waals surface area contributed by atoms with Gasteiger partial charge in [-0.2, -0.15) is 0 Å². The Morgan fingerprint density at radius 1 is 1.18 bits per heavy atom. The van der Waals surface area contributed by atoms with Gasteiger partial charge in [-0.1, -0.05) is 24.3 Å². The Balaban J connectivity index is 1.73. The molecule has 4 rings (SSSR count). The number of rotatable bonds is 4. The van der Waals surface area contributed by atoms with Gasteiger partial charge in [0.05, 0.1) is 24.4 Å². The summed E-state index contributed by atoms with van der Waals surface area (Å²) in [6.07, 6.45) is 1.76. The molecule has 1 fully saturated rings. The van der Waals surface area contributed by atoms with Crippen molar-refractivity contribution in [3.05, 3.63) is 77.8 Å². The zero-order chi connectivity index (χ0) is 19.7. The van der Waals surface area contributed by atoms with Crippen LogP contribution in [0.1, 0.15) is 33.9 Å². The number of carbonyl (C=O) groups excluding carboxylic acids is 1. The van der Waals surface area contributed by atoms with Crippen molar-refractivity contribution >= 4 is 23.3 Å². The number of aromatic nitrogens is 1. The highest BCUT2D eigenvalue weighted by molar-refractivity contribution is 7.80. The summed E-state index contributed by atoms with van der Waals surface area (Å²) in [5.41, 5.74) is 2.03. The van der Waals surface area contributed by atoms with Crippen LogP contribution in [-0.4, -0.2) is 35.1 Å². The predicted molar refractivity (Wildman–Crippen MR) is 109 cm³/mol. The summed E-state index contributed by atoms with van der Waals surface area (Å²) in [5.74, 6) is 0.933. The van der Waals surface area contributed by atoms with Gasteiger partial charge in [-0.05, 0) is 42.5 Å². The molecule has 0 saturated carbocycles. The minimum Gasteiger partial charge on any atom is -0.465 e. The number of nitrogens with one attached hydrogen (secondary N) is 1. The van der Waals surface area contributed by atoms with Crippen LogP contribution < -0.4 is 5.32 Å². The fraction of sp³-hybridized carbons (Fsp3) is 0.190. The topological polar surface area (TPSA) is 67.6 Å². The molecule has 1 saturated heterocycles. The molecular weight excluding hydrogens is 374 g/mol. The Bertz CT molecular complexity index is 1020. The molecule has 0 spiro atoms. The average molecular weight is 393 g/mol. The molecule has 6 nitrogen and oxygen atoms in total. The highest BCUT2D eigenvalue weighted by Crippen LogP contribution is 2.39. The van der Waals surface area contributed by atoms with E-state index in [0.29, 0.717) is 22.0 Å². The number of pyridine rings is 1. The van der Waals surface area contributed by atoms with Gasteiger partial charge < -0.3 is 19.4 Å². The average Bonchev–Trinajstić information content (AvgIpc) is 3.33. The molecule has 2 aromatic heterocycles. The largest absolute Gasteiger partial charge is 0.465 e. The van der Waals surface area contributed by atoms with Crippen molar-refractivity contribution < 1.29 is 13.9 Å². The number of hydrogen-bond donors (Lipinski definition) is 1. The van der Waals surface area contributed by atoms with Crippen LogP contribution in [0.4, 0.5) is 0 Å². The Hall–Kier alpha value is -3.19. The number of esters is 1. The monoisotopic (exact) mass is 393 g/mol. The molecule has 0 bridgehead atoms. The van der Waals surface area contributed by atoms with Gasteiger partial charge in [-0.3, -0.25) is 4.98 Å². The van der Waals surface area contributed by atoms with E-state index in [1.54, 1.807) is 18.3 Å². The van der Waals surface area contributed by atoms with Gasteiger partial charge in [0, 0.05) is 18.8 Å². The molecule has 1 aliphatic heterocycles. The lowest BCUT2D eigenvalue weighted by Crippen LogP contribution is -2.24. The predicted octanol–water partition coefficient (Wildman–Crippen LogP) is 3.73. The first kappa shape index (κ1) is 18.2. The van der Waals surface area contributed by atoms with E-state index < -0.39 is 5.97 Å². The molecule has 3 heterocycles. The first-order valence-corrected chi connectivity index (χ1v) is 9.22. The molecule has 0 aliphatic carbocycles. The first-order chi connectivity index (χ1) is 13.6. The molecule has 1 aromatic carbocycles. The standard InChI is InChI=1S/C21H19N3O3S/c1-24-19(18(23-21(24)28)15-9-5-6-12-22-15)17-11-10-16(27-17)13-7-3-4-8-14(13)20(25)26-2/h3-12,18-19H,1-2H3,(H,23,28). The van der Waals surface area contributed by atoms with E-state index in [9.17, 15) is 4.79 Å². The van der Waals surface area contributed by atoms with E-state index in [0.717, 1.165) is 11.5 Å². The summed E-state index contributed by atoms with van der Waals surface area (Å²) in [4.78, 5) is 18.5. The number of furan rings is 1. The van der Waals surface area contributed by atoms with Gasteiger partial charge in [0.25, 0.3) is 0 Å². The maximum Gasteiger partial charge on any atom is 0.338 e. The molecule has 28 heavy (non-hydrogen) atoms. The molecule has 7 heteroatoms. The van der Waals surface area contributed by atoms with E-state index in [2.05, 4.69) is 10.3 Å². The van der Waals surface area contributed by atoms with Gasteiger partial charge in [-0.15, -0.1) is 0 Å². The van der Waals surface area contributed by atoms with Gasteiger partial charge in [-0.25, -0.2) is 4.79 Å². The normalized spacial score (nSPS) is 18.8. The van der Waals surface area contributed by atoms with Crippen LogP contribution in [0.15, 0.2) is 65.2 Å². The van der Waals surface area contributed by atoms with E-state index in [4.69, 9.17) is 21.4 Å². The zero-order valence-electron chi connectivity index (χ0n) is 15.5. The molecule has 142 valence electrons. The summed E-state index contributed by atoms with van der Waals surface area (Å²) in [6.45, 7) is 0. The van der Waals surface area contributed by atoms with Crippen molar-refractivity contribution in [2.75, 3.05) is 14.2 Å². The fourth-order valence-electron chi connectivity index (χ4n) is 3.46. The van der Waals surface area contributed by atoms with E-state index >= 15 is 0 Å². The van der Waals surface area contributed by atoms with Crippen molar-refractivity contribution in [3.8, 4) is 11.3 Å². The second-order valence-electron chi connectivity index (χ2n) is 6.48. The third-order valence-electron chi connectivity index (χ3n) is 4.85. The molecule has 0 radical (unpaired) electrons. The van der Waals surface area contributed by atoms with Gasteiger partial charge in [0.2, 0.25) is 0 Å². The Morgan fingerprint density at radius 3 is 2.71 bits per heavy atom. The summed E-state index contributed by atoms with van der Waals surface area (Å²) < 4.78 is 11.1. The lowest BCUT2D eigenvalue weighted by Gasteiger charge is -2.21. The number of benzene rings is 1. The van der Waals surface area contributed by atoms with Crippen LogP contribution in [-0.2, 0) is 4.74 Å². The maximum atomic E-state index is 12.1. The highest BCUT2D eigenvalue weighted by Gasteiger charge is 2.39. The minimum atomic E-state index is -0.402. The lowest BCUT2D eigenvalue weighted by molar-refractivity contribution is 0.0601. The van der Waals surface area contributed by atoms with Crippen molar-refractivity contribution in [2.24, 2.45) is 0 Å². The molecule has 2 unspecified atom stereocenters. The van der Waals surface area contributed by atoms with Gasteiger partial charge in [0.15, 0.2) is 5.11 Å². The molecule has 0 amide bonds. The van der Waals surface area contributed by atoms with Crippen LogP contribution in [0.5, 0.6) is 0 Å². The number of hydrogen-bond acceptors (Lipinski definition) is 5. The third kappa shape index (κ3) is 3.14. The quantitative estimate of drug-likeness (QED) is 0.535. The second kappa shape index (κ2) is 7.44. The van der Waals surface area contributed by atoms with Gasteiger partial charge in [0.1, 0.15) is 17.6 Å². The summed E-state index contributed by atoms with van der Waals surface area (Å²) in [6, 6.07) is 16.5. The number of carbonyl (C=O) groups is 1. The third-order valence-corrected chi connectivity index (χ3v) is 5.26. The van der Waals surface area contributed by atoms with E-state index in [-0.39, 0.29) is 12.1 Å². The minimum absolute atomic E-state index is 0.131. The first-order valence-electron chi connectivity index (χ1n) is 8.82. The number of ether oxygens (including phenoxy) is 1. The molecule has 2 atom stereocenters. The SMILES string of the molecule is COC(=O)c1ccccc1-c1ccc(C2C(c3ccccn3)NC(=S)N2C)o1. The molecule has 1 N–H and O–H groups in total. The van der Waals surface area contributed by atoms with Crippen molar-refractivity contribution in [1.29, 1.82) is 0 Å². The Morgan fingerprint density at radius 2 is 1.96 bits per heavy atom. The number of methoxy groups -OCH3 is 1. The Kier molecular flexibility index (Phi) is 4.83. The second-order valence-corrected chi connectivity index (χ2v) is 6.86. The lowest BCUT2D eigenvalue weighted by atomic mass is 10.0. The number of nitrogens with zero attached hydrogens (tertiary/aromatic N) is 2. The molecular formula is C21H19N3O3S. The molecule has 3 aromatic rings. The van der Waals surface area contributed by atoms with Crippen LogP contribution in [0, 0.1) is 0 Å². The van der Waals surface area contributed by atoms with Crippen LogP contribution in [0.2, 0.25) is 0 Å². The fourth-order valence-corrected chi connectivity index (χ4v) is 3.70. The van der Waals surface area contributed by atoms with E-state index in [1.807, 2.05) is 54.4 Å². The van der Waals surface area contributed by atoms with E-state index in [1.165, 1.54) is 7.11 Å². The highest BCUT2D eigenvalue weighted by atomic mass is 32.1. The van der Waals surface area contributed by atoms with Gasteiger partial charge >= 0.3 is 5.97 Å².